The molecule has 1 fully saturated rings. The summed E-state index contributed by atoms with van der Waals surface area (Å²) in [5.41, 5.74) is 4.22. The maximum Gasteiger partial charge on any atom is 0.336 e. The molecule has 1 amide bonds. The lowest BCUT2D eigenvalue weighted by molar-refractivity contribution is -0.137. The van der Waals surface area contributed by atoms with Crippen molar-refractivity contribution in [2.45, 2.75) is 20.4 Å². The van der Waals surface area contributed by atoms with Gasteiger partial charge in [0.2, 0.25) is 0 Å². The van der Waals surface area contributed by atoms with Gasteiger partial charge in [-0.2, -0.15) is 0 Å². The molecule has 5 rings (SSSR count). The summed E-state index contributed by atoms with van der Waals surface area (Å²) in [5.74, 6) is 0.00619. The number of morpholine rings is 1. The van der Waals surface area contributed by atoms with Crippen molar-refractivity contribution in [3.63, 3.8) is 0 Å². The van der Waals surface area contributed by atoms with Gasteiger partial charge in [0.1, 0.15) is 0 Å². The average molecular weight is 532 g/mol. The molecular weight excluding hydrogens is 498 g/mol. The lowest BCUT2D eigenvalue weighted by Gasteiger charge is -2.30. The van der Waals surface area contributed by atoms with Crippen molar-refractivity contribution in [1.29, 1.82) is 0 Å². The minimum absolute atomic E-state index is 0.0751. The van der Waals surface area contributed by atoms with E-state index in [-0.39, 0.29) is 12.5 Å². The Labute approximate surface area is 227 Å². The highest BCUT2D eigenvalue weighted by molar-refractivity contribution is 6.06. The molecule has 0 bridgehead atoms. The molecule has 1 aromatic heterocycles. The number of aromatic carboxylic acids is 1. The molecule has 2 aliphatic rings. The Bertz CT molecular complexity index is 1410. The van der Waals surface area contributed by atoms with Crippen LogP contribution in [0.2, 0.25) is 0 Å². The molecule has 2 aromatic carbocycles. The van der Waals surface area contributed by atoms with Crippen LogP contribution in [0.25, 0.3) is 22.6 Å². The van der Waals surface area contributed by atoms with Gasteiger partial charge in [0, 0.05) is 37.1 Å². The summed E-state index contributed by atoms with van der Waals surface area (Å²) in [4.78, 5) is 33.8. The number of carbonyl (C=O) groups excluding carboxylic acids is 1. The molecule has 0 unspecified atom stereocenters. The molecule has 9 heteroatoms. The molecule has 2 aliphatic heterocycles. The van der Waals surface area contributed by atoms with E-state index in [1.54, 1.807) is 4.90 Å². The molecule has 0 aliphatic carbocycles. The van der Waals surface area contributed by atoms with Crippen LogP contribution < -0.4 is 9.47 Å². The first-order valence-electron chi connectivity index (χ1n) is 13.3. The van der Waals surface area contributed by atoms with E-state index in [1.165, 1.54) is 0 Å². The monoisotopic (exact) mass is 531 g/mol. The zero-order chi connectivity index (χ0) is 27.4. The smallest absolute Gasteiger partial charge is 0.336 e. The minimum atomic E-state index is -0.950. The van der Waals surface area contributed by atoms with Gasteiger partial charge in [-0.25, -0.2) is 9.78 Å². The van der Waals surface area contributed by atoms with Gasteiger partial charge in [-0.3, -0.25) is 9.69 Å². The molecular formula is C30H33N3O6. The van der Waals surface area contributed by atoms with Gasteiger partial charge in [-0.1, -0.05) is 31.2 Å². The van der Waals surface area contributed by atoms with Crippen LogP contribution in [-0.4, -0.2) is 84.4 Å². The Kier molecular flexibility index (Phi) is 8.09. The van der Waals surface area contributed by atoms with E-state index in [4.69, 9.17) is 19.2 Å². The van der Waals surface area contributed by atoms with Gasteiger partial charge < -0.3 is 24.2 Å². The highest BCUT2D eigenvalue weighted by Crippen LogP contribution is 2.35. The number of hydrogen-bond donors (Lipinski definition) is 1. The number of amides is 1. The number of aromatic nitrogens is 1. The molecule has 0 spiro atoms. The standard InChI is InChI=1S/C30H33N3O6/c1-3-32-17-21(29-23(18-32)28(30(35)36)22-7-5-6-8-24(22)31-29)15-20-9-10-25(26(16-20)38-4-2)39-19-27(34)33-11-13-37-14-12-33/h5-10,15-16H,3-4,11-14,17-19H2,1-2H3,(H,35,36)/b21-15-. The van der Waals surface area contributed by atoms with Gasteiger partial charge in [0.25, 0.3) is 5.91 Å². The molecule has 3 aromatic rings. The largest absolute Gasteiger partial charge is 0.490 e. The lowest BCUT2D eigenvalue weighted by Crippen LogP contribution is -2.43. The molecule has 39 heavy (non-hydrogen) atoms. The summed E-state index contributed by atoms with van der Waals surface area (Å²) in [6.07, 6.45) is 2.03. The van der Waals surface area contributed by atoms with Gasteiger partial charge >= 0.3 is 5.97 Å². The Morgan fingerprint density at radius 3 is 2.59 bits per heavy atom. The normalized spacial score (nSPS) is 16.8. The Hall–Kier alpha value is -3.95. The van der Waals surface area contributed by atoms with Crippen LogP contribution >= 0.6 is 0 Å². The van der Waals surface area contributed by atoms with E-state index in [0.717, 1.165) is 23.2 Å². The predicted octanol–water partition coefficient (Wildman–Crippen LogP) is 3.95. The number of fused-ring (bicyclic) bond motifs is 2. The molecule has 3 heterocycles. The number of carboxylic acid groups (broad SMARTS) is 1. The fraction of sp³-hybridized carbons (Fsp3) is 0.367. The van der Waals surface area contributed by atoms with Crippen LogP contribution in [0.1, 0.15) is 41.0 Å². The number of para-hydroxylation sites is 1. The van der Waals surface area contributed by atoms with Crippen molar-refractivity contribution in [2.24, 2.45) is 0 Å². The van der Waals surface area contributed by atoms with Gasteiger partial charge in [0.05, 0.1) is 36.6 Å². The number of benzene rings is 2. The number of likely N-dealkylation sites (N-methyl/N-ethyl adjacent to an activating group) is 1. The van der Waals surface area contributed by atoms with E-state index in [0.29, 0.717) is 79.7 Å². The van der Waals surface area contributed by atoms with Gasteiger partial charge in [0.15, 0.2) is 18.1 Å². The Balaban J connectivity index is 1.48. The zero-order valence-corrected chi connectivity index (χ0v) is 22.3. The van der Waals surface area contributed by atoms with E-state index in [1.807, 2.05) is 55.5 Å². The molecule has 9 nitrogen and oxygen atoms in total. The van der Waals surface area contributed by atoms with E-state index >= 15 is 0 Å². The van der Waals surface area contributed by atoms with Crippen LogP contribution in [0.5, 0.6) is 11.5 Å². The molecule has 0 atom stereocenters. The zero-order valence-electron chi connectivity index (χ0n) is 22.3. The number of carbonyl (C=O) groups is 2. The fourth-order valence-corrected chi connectivity index (χ4v) is 5.09. The SMILES string of the molecule is CCOc1cc(/C=C2/CN(CC)Cc3c2nc2ccccc2c3C(=O)O)ccc1OCC(=O)N1CCOCC1. The van der Waals surface area contributed by atoms with Crippen LogP contribution in [0.3, 0.4) is 0 Å². The first-order valence-corrected chi connectivity index (χ1v) is 13.3. The summed E-state index contributed by atoms with van der Waals surface area (Å²) in [6.45, 7) is 8.48. The van der Waals surface area contributed by atoms with Crippen molar-refractivity contribution in [1.82, 2.24) is 14.8 Å². The summed E-state index contributed by atoms with van der Waals surface area (Å²) >= 11 is 0. The quantitative estimate of drug-likeness (QED) is 0.467. The third-order valence-electron chi connectivity index (χ3n) is 7.06. The Morgan fingerprint density at radius 2 is 1.85 bits per heavy atom. The molecule has 204 valence electrons. The summed E-state index contributed by atoms with van der Waals surface area (Å²) < 4.78 is 17.0. The maximum absolute atomic E-state index is 12.6. The minimum Gasteiger partial charge on any atom is -0.490 e. The summed E-state index contributed by atoms with van der Waals surface area (Å²) in [6, 6.07) is 13.0. The van der Waals surface area contributed by atoms with Crippen molar-refractivity contribution in [2.75, 3.05) is 52.6 Å². The third kappa shape index (κ3) is 5.74. The van der Waals surface area contributed by atoms with E-state index in [2.05, 4.69) is 11.8 Å². The number of hydrogen-bond acceptors (Lipinski definition) is 7. The highest BCUT2D eigenvalue weighted by Gasteiger charge is 2.28. The van der Waals surface area contributed by atoms with E-state index in [9.17, 15) is 14.7 Å². The number of carboxylic acids is 1. The molecule has 1 N–H and O–H groups in total. The Morgan fingerprint density at radius 1 is 1.05 bits per heavy atom. The van der Waals surface area contributed by atoms with Crippen molar-refractivity contribution in [3.05, 3.63) is 64.8 Å². The number of pyridine rings is 1. The van der Waals surface area contributed by atoms with Crippen LogP contribution in [0.15, 0.2) is 42.5 Å². The number of nitrogens with zero attached hydrogens (tertiary/aromatic N) is 3. The summed E-state index contributed by atoms with van der Waals surface area (Å²) in [5, 5.41) is 10.8. The molecule has 0 radical (unpaired) electrons. The van der Waals surface area contributed by atoms with Crippen molar-refractivity contribution >= 4 is 34.4 Å². The first-order chi connectivity index (χ1) is 19.0. The van der Waals surface area contributed by atoms with Crippen LogP contribution in [0.4, 0.5) is 0 Å². The van der Waals surface area contributed by atoms with Crippen LogP contribution in [-0.2, 0) is 16.1 Å². The predicted molar refractivity (Wildman–Crippen MR) is 148 cm³/mol. The average Bonchev–Trinajstić information content (AvgIpc) is 2.95. The first kappa shape index (κ1) is 26.6. The number of ether oxygens (including phenoxy) is 3. The second-order valence-electron chi connectivity index (χ2n) is 9.53. The summed E-state index contributed by atoms with van der Waals surface area (Å²) in [7, 11) is 0. The lowest BCUT2D eigenvalue weighted by atomic mass is 9.92. The van der Waals surface area contributed by atoms with Crippen LogP contribution in [0, 0.1) is 0 Å². The second-order valence-corrected chi connectivity index (χ2v) is 9.53. The van der Waals surface area contributed by atoms with Gasteiger partial charge in [-0.15, -0.1) is 0 Å². The van der Waals surface area contributed by atoms with E-state index < -0.39 is 5.97 Å². The number of rotatable bonds is 8. The molecule has 0 saturated carbocycles. The fourth-order valence-electron chi connectivity index (χ4n) is 5.09. The van der Waals surface area contributed by atoms with Gasteiger partial charge in [-0.05, 0) is 48.9 Å². The highest BCUT2D eigenvalue weighted by atomic mass is 16.5. The second kappa shape index (κ2) is 11.8. The van der Waals surface area contributed by atoms with Crippen molar-refractivity contribution < 1.29 is 28.9 Å². The molecule has 1 saturated heterocycles. The maximum atomic E-state index is 12.6. The third-order valence-corrected chi connectivity index (χ3v) is 7.06. The van der Waals surface area contributed by atoms with Crippen molar-refractivity contribution in [3.8, 4) is 11.5 Å². The topological polar surface area (TPSA) is 101 Å².